The van der Waals surface area contributed by atoms with Crippen LogP contribution < -0.4 is 0 Å². The molecule has 0 aromatic heterocycles. The van der Waals surface area contributed by atoms with Gasteiger partial charge in [0.05, 0.1) is 12.5 Å². The monoisotopic (exact) mass is 272 g/mol. The van der Waals surface area contributed by atoms with E-state index in [2.05, 4.69) is 0 Å². The molecule has 1 fully saturated rings. The highest BCUT2D eigenvalue weighted by atomic mass is 16.7. The number of ether oxygens (including phenoxy) is 1. The van der Waals surface area contributed by atoms with Crippen LogP contribution in [0.3, 0.4) is 0 Å². The molecule has 0 saturated carbocycles. The molecule has 0 N–H and O–H groups in total. The first-order valence-electron chi connectivity index (χ1n) is 6.63. The van der Waals surface area contributed by atoms with E-state index in [1.807, 2.05) is 27.7 Å². The lowest BCUT2D eigenvalue weighted by Gasteiger charge is -2.24. The van der Waals surface area contributed by atoms with Crippen LogP contribution in [-0.4, -0.2) is 54.3 Å². The molecule has 6 nitrogen and oxygen atoms in total. The summed E-state index contributed by atoms with van der Waals surface area (Å²) in [5.41, 5.74) is -0.513. The van der Waals surface area contributed by atoms with Gasteiger partial charge in [0.2, 0.25) is 0 Å². The Bertz CT molecular complexity index is 338. The van der Waals surface area contributed by atoms with Crippen LogP contribution in [-0.2, 0) is 14.4 Å². The maximum atomic E-state index is 12.0. The Labute approximate surface area is 114 Å². The van der Waals surface area contributed by atoms with Gasteiger partial charge in [0, 0.05) is 20.1 Å². The van der Waals surface area contributed by atoms with Crippen LogP contribution in [0.2, 0.25) is 0 Å². The number of likely N-dealkylation sites (tertiary alicyclic amines) is 1. The van der Waals surface area contributed by atoms with E-state index in [1.165, 1.54) is 5.06 Å². The number of carbonyl (C=O) groups is 2. The van der Waals surface area contributed by atoms with Gasteiger partial charge < -0.3 is 9.64 Å². The van der Waals surface area contributed by atoms with E-state index in [4.69, 9.17) is 9.57 Å². The Hall–Kier alpha value is -1.30. The number of carbonyl (C=O) groups excluding carboxylic acids is 2. The summed E-state index contributed by atoms with van der Waals surface area (Å²) in [5.74, 6) is -0.294. The summed E-state index contributed by atoms with van der Waals surface area (Å²) in [6, 6.07) is 0. The van der Waals surface area contributed by atoms with E-state index in [0.717, 1.165) is 0 Å². The molecule has 110 valence electrons. The summed E-state index contributed by atoms with van der Waals surface area (Å²) in [4.78, 5) is 30.6. The van der Waals surface area contributed by atoms with Crippen molar-refractivity contribution in [3.8, 4) is 0 Å². The van der Waals surface area contributed by atoms with Gasteiger partial charge in [-0.2, -0.15) is 0 Å². The molecule has 1 aliphatic rings. The van der Waals surface area contributed by atoms with Gasteiger partial charge in [-0.3, -0.25) is 9.63 Å². The fourth-order valence-corrected chi connectivity index (χ4v) is 1.97. The second-order valence-electron chi connectivity index (χ2n) is 5.67. The topological polar surface area (TPSA) is 59.1 Å². The van der Waals surface area contributed by atoms with Crippen molar-refractivity contribution in [2.75, 3.05) is 26.7 Å². The van der Waals surface area contributed by atoms with Crippen molar-refractivity contribution in [1.29, 1.82) is 0 Å². The van der Waals surface area contributed by atoms with Crippen LogP contribution in [0.1, 0.15) is 34.1 Å². The van der Waals surface area contributed by atoms with Gasteiger partial charge in [-0.1, -0.05) is 0 Å². The molecule has 1 saturated heterocycles. The van der Waals surface area contributed by atoms with Crippen molar-refractivity contribution in [2.24, 2.45) is 5.92 Å². The molecule has 1 rings (SSSR count). The minimum Gasteiger partial charge on any atom is -0.444 e. The highest BCUT2D eigenvalue weighted by Crippen LogP contribution is 2.21. The average molecular weight is 272 g/mol. The number of nitrogens with zero attached hydrogens (tertiary/aromatic N) is 2. The molecule has 1 heterocycles. The molecule has 0 unspecified atom stereocenters. The van der Waals surface area contributed by atoms with Crippen molar-refractivity contribution in [2.45, 2.75) is 39.7 Å². The van der Waals surface area contributed by atoms with Gasteiger partial charge in [0.25, 0.3) is 5.91 Å². The van der Waals surface area contributed by atoms with Crippen molar-refractivity contribution in [3.63, 3.8) is 0 Å². The van der Waals surface area contributed by atoms with E-state index in [9.17, 15) is 9.59 Å². The van der Waals surface area contributed by atoms with Crippen LogP contribution in [0, 0.1) is 5.92 Å². The molecular weight excluding hydrogens is 248 g/mol. The third-order valence-electron chi connectivity index (χ3n) is 2.82. The lowest BCUT2D eigenvalue weighted by molar-refractivity contribution is -0.180. The summed E-state index contributed by atoms with van der Waals surface area (Å²) in [6.45, 7) is 8.69. The Morgan fingerprint density at radius 1 is 1.37 bits per heavy atom. The van der Waals surface area contributed by atoms with Crippen LogP contribution in [0.5, 0.6) is 0 Å². The van der Waals surface area contributed by atoms with Crippen LogP contribution >= 0.6 is 0 Å². The summed E-state index contributed by atoms with van der Waals surface area (Å²) >= 11 is 0. The number of amides is 2. The third kappa shape index (κ3) is 4.70. The first-order chi connectivity index (χ1) is 8.74. The van der Waals surface area contributed by atoms with E-state index in [-0.39, 0.29) is 17.9 Å². The smallest absolute Gasteiger partial charge is 0.410 e. The lowest BCUT2D eigenvalue weighted by atomic mass is 10.1. The zero-order chi connectivity index (χ0) is 14.6. The SMILES string of the molecule is CCON(C)C(=O)[C@@H]1CCN(C(=O)OC(C)(C)C)C1. The average Bonchev–Trinajstić information content (AvgIpc) is 2.75. The Balaban J connectivity index is 2.49. The standard InChI is InChI=1S/C13H24N2O4/c1-6-18-14(5)11(16)10-7-8-15(9-10)12(17)19-13(2,3)4/h10H,6-9H2,1-5H3/t10-/m1/s1. The van der Waals surface area contributed by atoms with E-state index < -0.39 is 5.60 Å². The number of hydroxylamine groups is 2. The predicted octanol–water partition coefficient (Wildman–Crippen LogP) is 1.65. The maximum absolute atomic E-state index is 12.0. The molecule has 1 aliphatic heterocycles. The number of hydrogen-bond donors (Lipinski definition) is 0. The van der Waals surface area contributed by atoms with Gasteiger partial charge in [0.1, 0.15) is 5.60 Å². The molecule has 19 heavy (non-hydrogen) atoms. The Morgan fingerprint density at radius 2 is 2.00 bits per heavy atom. The molecule has 0 aromatic rings. The third-order valence-corrected chi connectivity index (χ3v) is 2.82. The summed E-state index contributed by atoms with van der Waals surface area (Å²) in [5, 5.41) is 1.25. The lowest BCUT2D eigenvalue weighted by Crippen LogP contribution is -2.38. The molecule has 0 aliphatic carbocycles. The quantitative estimate of drug-likeness (QED) is 0.733. The van der Waals surface area contributed by atoms with Crippen molar-refractivity contribution in [3.05, 3.63) is 0 Å². The van der Waals surface area contributed by atoms with Crippen LogP contribution in [0.25, 0.3) is 0 Å². The second-order valence-corrected chi connectivity index (χ2v) is 5.67. The second kappa shape index (κ2) is 6.23. The van der Waals surface area contributed by atoms with Gasteiger partial charge in [-0.15, -0.1) is 0 Å². The maximum Gasteiger partial charge on any atom is 0.410 e. The largest absolute Gasteiger partial charge is 0.444 e. The summed E-state index contributed by atoms with van der Waals surface area (Å²) in [7, 11) is 1.60. The fraction of sp³-hybridized carbons (Fsp3) is 0.846. The minimum atomic E-state index is -0.513. The van der Waals surface area contributed by atoms with Crippen molar-refractivity contribution >= 4 is 12.0 Å². The molecule has 0 aromatic carbocycles. The molecule has 1 atom stereocenters. The van der Waals surface area contributed by atoms with Crippen LogP contribution in [0.4, 0.5) is 4.79 Å². The van der Waals surface area contributed by atoms with Gasteiger partial charge in [0.15, 0.2) is 0 Å². The number of rotatable bonds is 3. The van der Waals surface area contributed by atoms with Gasteiger partial charge >= 0.3 is 6.09 Å². The van der Waals surface area contributed by atoms with Crippen molar-refractivity contribution < 1.29 is 19.2 Å². The van der Waals surface area contributed by atoms with Gasteiger partial charge in [-0.05, 0) is 34.1 Å². The first-order valence-corrected chi connectivity index (χ1v) is 6.63. The minimum absolute atomic E-state index is 0.0899. The molecule has 0 bridgehead atoms. The first kappa shape index (κ1) is 15.8. The molecule has 2 amide bonds. The molecular formula is C13H24N2O4. The van der Waals surface area contributed by atoms with Crippen molar-refractivity contribution in [1.82, 2.24) is 9.96 Å². The van der Waals surface area contributed by atoms with Gasteiger partial charge in [-0.25, -0.2) is 9.86 Å². The van der Waals surface area contributed by atoms with Crippen LogP contribution in [0.15, 0.2) is 0 Å². The zero-order valence-electron chi connectivity index (χ0n) is 12.4. The normalized spacial score (nSPS) is 19.4. The fourth-order valence-electron chi connectivity index (χ4n) is 1.97. The predicted molar refractivity (Wildman–Crippen MR) is 70.3 cm³/mol. The molecule has 0 radical (unpaired) electrons. The summed E-state index contributed by atoms with van der Waals surface area (Å²) in [6.07, 6.45) is 0.289. The Kier molecular flexibility index (Phi) is 5.17. The van der Waals surface area contributed by atoms with E-state index in [1.54, 1.807) is 11.9 Å². The molecule has 6 heteroatoms. The number of hydrogen-bond acceptors (Lipinski definition) is 4. The molecule has 0 spiro atoms. The highest BCUT2D eigenvalue weighted by Gasteiger charge is 2.34. The zero-order valence-corrected chi connectivity index (χ0v) is 12.4. The summed E-state index contributed by atoms with van der Waals surface area (Å²) < 4.78 is 5.29. The Morgan fingerprint density at radius 3 is 2.53 bits per heavy atom. The van der Waals surface area contributed by atoms with E-state index in [0.29, 0.717) is 26.1 Å². The highest BCUT2D eigenvalue weighted by molar-refractivity contribution is 5.79. The van der Waals surface area contributed by atoms with E-state index >= 15 is 0 Å².